The van der Waals surface area contributed by atoms with Gasteiger partial charge in [-0.3, -0.25) is 9.59 Å². The third kappa shape index (κ3) is 5.67. The van der Waals surface area contributed by atoms with Crippen molar-refractivity contribution in [2.24, 2.45) is 5.73 Å². The van der Waals surface area contributed by atoms with Gasteiger partial charge in [0.25, 0.3) is 17.7 Å². The standard InChI is InChI=1S/C33H30F2N4O5S/c1-17-10-19(14-36)11-18(2)27(17)38-30(40)23-12-24-26(44-8-6-20-7-9-45-29(20)24)13-22(23)21-4-5-25(37-28(21)32(42)43-3)31(41)39-15-33(34,35)16-39/h4-5,7,9-13H,6,8,14-16,36H2,1-3H3,(H,38,40). The van der Waals surface area contributed by atoms with E-state index in [-0.39, 0.29) is 22.5 Å². The minimum Gasteiger partial charge on any atom is -0.493 e. The average Bonchev–Trinajstić information content (AvgIpc) is 3.41. The van der Waals surface area contributed by atoms with E-state index >= 15 is 0 Å². The quantitative estimate of drug-likeness (QED) is 0.265. The van der Waals surface area contributed by atoms with Crippen LogP contribution in [0.25, 0.3) is 21.6 Å². The van der Waals surface area contributed by atoms with Gasteiger partial charge in [0, 0.05) is 45.8 Å². The summed E-state index contributed by atoms with van der Waals surface area (Å²) in [5.41, 5.74) is 11.2. The second-order valence-corrected chi connectivity index (χ2v) is 12.0. The summed E-state index contributed by atoms with van der Waals surface area (Å²) in [5, 5.41) is 5.03. The molecule has 0 unspecified atom stereocenters. The zero-order valence-electron chi connectivity index (χ0n) is 24.8. The SMILES string of the molecule is COC(=O)c1nc(C(=O)N2CC(F)(F)C2)ccc1-c1cc2c(cc1C(=O)Nc1c(C)cc(CN)cc1C)-c1sccc1CCO2. The van der Waals surface area contributed by atoms with E-state index in [4.69, 9.17) is 15.2 Å². The van der Waals surface area contributed by atoms with Gasteiger partial charge in [0.15, 0.2) is 5.69 Å². The Labute approximate surface area is 262 Å². The number of hydrogen-bond acceptors (Lipinski definition) is 8. The number of pyridine rings is 1. The Balaban J connectivity index is 1.50. The molecule has 0 bridgehead atoms. The van der Waals surface area contributed by atoms with Gasteiger partial charge in [0.2, 0.25) is 0 Å². The van der Waals surface area contributed by atoms with Gasteiger partial charge in [-0.1, -0.05) is 12.1 Å². The van der Waals surface area contributed by atoms with Crippen LogP contribution in [0.4, 0.5) is 14.5 Å². The highest BCUT2D eigenvalue weighted by molar-refractivity contribution is 7.13. The van der Waals surface area contributed by atoms with Crippen LogP contribution in [-0.4, -0.2) is 60.4 Å². The monoisotopic (exact) mass is 632 g/mol. The molecule has 0 aliphatic carbocycles. The second kappa shape index (κ2) is 11.7. The highest BCUT2D eigenvalue weighted by atomic mass is 32.1. The molecule has 1 fully saturated rings. The molecule has 1 saturated heterocycles. The van der Waals surface area contributed by atoms with Crippen LogP contribution in [0.1, 0.15) is 53.6 Å². The van der Waals surface area contributed by atoms with E-state index < -0.39 is 36.8 Å². The molecule has 0 atom stereocenters. The fourth-order valence-electron chi connectivity index (χ4n) is 5.74. The first-order valence-electron chi connectivity index (χ1n) is 14.3. The summed E-state index contributed by atoms with van der Waals surface area (Å²) in [7, 11) is 1.17. The maximum absolute atomic E-state index is 14.2. The van der Waals surface area contributed by atoms with Gasteiger partial charge < -0.3 is 25.4 Å². The van der Waals surface area contributed by atoms with Crippen molar-refractivity contribution in [1.82, 2.24) is 9.88 Å². The van der Waals surface area contributed by atoms with Gasteiger partial charge >= 0.3 is 5.97 Å². The van der Waals surface area contributed by atoms with Crippen molar-refractivity contribution in [2.75, 3.05) is 32.1 Å². The van der Waals surface area contributed by atoms with Gasteiger partial charge in [-0.15, -0.1) is 11.3 Å². The van der Waals surface area contributed by atoms with E-state index in [1.165, 1.54) is 30.6 Å². The number of aromatic nitrogens is 1. The first kappa shape index (κ1) is 30.4. The summed E-state index contributed by atoms with van der Waals surface area (Å²) in [4.78, 5) is 46.4. The number of aryl methyl sites for hydroxylation is 2. The number of anilines is 1. The molecule has 0 radical (unpaired) electrons. The first-order valence-corrected chi connectivity index (χ1v) is 15.1. The lowest BCUT2D eigenvalue weighted by molar-refractivity contribution is -0.113. The summed E-state index contributed by atoms with van der Waals surface area (Å²) in [6.07, 6.45) is 0.678. The van der Waals surface area contributed by atoms with Crippen LogP contribution in [0.15, 0.2) is 47.8 Å². The normalized spacial score (nSPS) is 14.8. The van der Waals surface area contributed by atoms with E-state index in [1.807, 2.05) is 37.4 Å². The number of carbonyl (C=O) groups excluding carboxylic acids is 3. The van der Waals surface area contributed by atoms with Gasteiger partial charge in [-0.05, 0) is 71.8 Å². The van der Waals surface area contributed by atoms with E-state index in [2.05, 4.69) is 10.3 Å². The molecule has 4 heterocycles. The Morgan fingerprint density at radius 1 is 1.07 bits per heavy atom. The van der Waals surface area contributed by atoms with E-state index in [0.717, 1.165) is 37.6 Å². The Kier molecular flexibility index (Phi) is 7.88. The Morgan fingerprint density at radius 3 is 2.47 bits per heavy atom. The molecule has 2 aromatic carbocycles. The molecule has 2 aliphatic rings. The number of thiophene rings is 1. The van der Waals surface area contributed by atoms with Gasteiger partial charge in [-0.25, -0.2) is 18.6 Å². The lowest BCUT2D eigenvalue weighted by Crippen LogP contribution is -2.58. The van der Waals surface area contributed by atoms with E-state index in [0.29, 0.717) is 36.6 Å². The van der Waals surface area contributed by atoms with Crippen molar-refractivity contribution >= 4 is 34.8 Å². The van der Waals surface area contributed by atoms with Crippen LogP contribution in [0.3, 0.4) is 0 Å². The number of esters is 1. The maximum Gasteiger partial charge on any atom is 0.357 e. The van der Waals surface area contributed by atoms with Crippen molar-refractivity contribution in [2.45, 2.75) is 32.7 Å². The summed E-state index contributed by atoms with van der Waals surface area (Å²) >= 11 is 1.54. The molecule has 232 valence electrons. The number of alkyl halides is 2. The summed E-state index contributed by atoms with van der Waals surface area (Å²) in [6, 6.07) is 12.1. The minimum absolute atomic E-state index is 0.193. The number of nitrogens with zero attached hydrogens (tertiary/aromatic N) is 2. The molecule has 2 aliphatic heterocycles. The molecular weight excluding hydrogens is 602 g/mol. The first-order chi connectivity index (χ1) is 21.5. The van der Waals surface area contributed by atoms with Crippen LogP contribution >= 0.6 is 11.3 Å². The molecule has 3 N–H and O–H groups in total. The summed E-state index contributed by atoms with van der Waals surface area (Å²) < 4.78 is 38.1. The zero-order chi connectivity index (χ0) is 32.0. The highest BCUT2D eigenvalue weighted by Gasteiger charge is 2.46. The third-order valence-corrected chi connectivity index (χ3v) is 8.96. The number of hydrogen-bond donors (Lipinski definition) is 2. The van der Waals surface area contributed by atoms with Crippen LogP contribution in [0.2, 0.25) is 0 Å². The van der Waals surface area contributed by atoms with Crippen LogP contribution in [0, 0.1) is 13.8 Å². The Hall–Kier alpha value is -4.68. The molecule has 0 spiro atoms. The maximum atomic E-state index is 14.2. The number of fused-ring (bicyclic) bond motifs is 3. The molecule has 2 aromatic heterocycles. The number of methoxy groups -OCH3 is 1. The molecular formula is C33H30F2N4O5S. The molecule has 4 aromatic rings. The zero-order valence-corrected chi connectivity index (χ0v) is 25.6. The van der Waals surface area contributed by atoms with Crippen LogP contribution in [0.5, 0.6) is 5.75 Å². The van der Waals surface area contributed by atoms with Crippen molar-refractivity contribution in [3.8, 4) is 27.3 Å². The number of halogens is 2. The fraction of sp³-hybridized carbons (Fsp3) is 0.273. The third-order valence-electron chi connectivity index (χ3n) is 7.97. The topological polar surface area (TPSA) is 124 Å². The molecule has 6 rings (SSSR count). The fourth-order valence-corrected chi connectivity index (χ4v) is 6.72. The lowest BCUT2D eigenvalue weighted by atomic mass is 9.93. The van der Waals surface area contributed by atoms with Gasteiger partial charge in [0.1, 0.15) is 11.4 Å². The highest BCUT2D eigenvalue weighted by Crippen LogP contribution is 2.43. The predicted octanol–water partition coefficient (Wildman–Crippen LogP) is 5.62. The average molecular weight is 633 g/mol. The molecule has 45 heavy (non-hydrogen) atoms. The largest absolute Gasteiger partial charge is 0.493 e. The van der Waals surface area contributed by atoms with Gasteiger partial charge in [0.05, 0.1) is 26.8 Å². The minimum atomic E-state index is -2.96. The summed E-state index contributed by atoms with van der Waals surface area (Å²) in [6.45, 7) is 3.07. The molecule has 12 heteroatoms. The number of benzene rings is 2. The number of nitrogens with one attached hydrogen (secondary N) is 1. The number of ether oxygens (including phenoxy) is 2. The Morgan fingerprint density at radius 2 is 1.80 bits per heavy atom. The number of amides is 2. The van der Waals surface area contributed by atoms with Crippen molar-refractivity contribution in [1.29, 1.82) is 0 Å². The van der Waals surface area contributed by atoms with Crippen molar-refractivity contribution < 1.29 is 32.6 Å². The number of carbonyl (C=O) groups is 3. The van der Waals surface area contributed by atoms with Crippen molar-refractivity contribution in [3.63, 3.8) is 0 Å². The van der Waals surface area contributed by atoms with Crippen LogP contribution in [-0.2, 0) is 17.7 Å². The Bertz CT molecular complexity index is 1840. The van der Waals surface area contributed by atoms with Crippen LogP contribution < -0.4 is 15.8 Å². The van der Waals surface area contributed by atoms with E-state index in [9.17, 15) is 23.2 Å². The van der Waals surface area contributed by atoms with Gasteiger partial charge in [-0.2, -0.15) is 0 Å². The number of rotatable bonds is 6. The predicted molar refractivity (Wildman–Crippen MR) is 166 cm³/mol. The molecule has 2 amide bonds. The number of nitrogens with two attached hydrogens (primary N) is 1. The lowest BCUT2D eigenvalue weighted by Gasteiger charge is -2.38. The van der Waals surface area contributed by atoms with Crippen molar-refractivity contribution in [3.05, 3.63) is 87.0 Å². The second-order valence-electron chi connectivity index (χ2n) is 11.1. The van der Waals surface area contributed by atoms with E-state index in [1.54, 1.807) is 12.1 Å². The summed E-state index contributed by atoms with van der Waals surface area (Å²) in [5.74, 6) is -4.49. The molecule has 9 nitrogen and oxygen atoms in total. The number of likely N-dealkylation sites (tertiary alicyclic amines) is 1. The molecule has 0 saturated carbocycles. The smallest absolute Gasteiger partial charge is 0.357 e.